The number of amides is 1. The van der Waals surface area contributed by atoms with Gasteiger partial charge in [-0.15, -0.1) is 0 Å². The number of aliphatic hydroxyl groups is 1. The second-order valence-electron chi connectivity index (χ2n) is 12.1. The van der Waals surface area contributed by atoms with Crippen LogP contribution in [0.5, 0.6) is 11.6 Å². The average molecular weight is 660 g/mol. The molecule has 2 unspecified atom stereocenters. The number of nitrogens with one attached hydrogen (secondary N) is 1. The number of carbonyl (C=O) groups is 1. The van der Waals surface area contributed by atoms with Crippen molar-refractivity contribution in [2.24, 2.45) is 0 Å². The number of hydrogen-bond donors (Lipinski definition) is 3. The van der Waals surface area contributed by atoms with Gasteiger partial charge in [-0.05, 0) is 93.6 Å². The number of phenols is 1. The molecule has 0 saturated heterocycles. The van der Waals surface area contributed by atoms with Gasteiger partial charge in [-0.1, -0.05) is 47.5 Å². The molecule has 1 aliphatic heterocycles. The van der Waals surface area contributed by atoms with Crippen LogP contribution in [0.25, 0.3) is 22.4 Å². The largest absolute Gasteiger partial charge is 0.507 e. The van der Waals surface area contributed by atoms with Crippen LogP contribution in [0.1, 0.15) is 61.0 Å². The second-order valence-corrected chi connectivity index (χ2v) is 13.0. The first-order valence-corrected chi connectivity index (χ1v) is 14.9. The molecule has 4 aromatic rings. The number of benzene rings is 3. The van der Waals surface area contributed by atoms with Gasteiger partial charge in [-0.3, -0.25) is 4.79 Å². The van der Waals surface area contributed by atoms with E-state index >= 15 is 0 Å². The van der Waals surface area contributed by atoms with Gasteiger partial charge in [-0.25, -0.2) is 4.98 Å². The Hall–Kier alpha value is -3.79. The summed E-state index contributed by atoms with van der Waals surface area (Å²) in [5, 5.41) is 24.9. The van der Waals surface area contributed by atoms with E-state index in [1.165, 1.54) is 24.3 Å². The lowest BCUT2D eigenvalue weighted by molar-refractivity contribution is -0.137. The van der Waals surface area contributed by atoms with Crippen LogP contribution in [0, 0.1) is 0 Å². The molecule has 0 saturated carbocycles. The number of alkyl halides is 3. The minimum absolute atomic E-state index is 0.0876. The van der Waals surface area contributed by atoms with Crippen molar-refractivity contribution in [1.29, 1.82) is 0 Å². The fourth-order valence-corrected chi connectivity index (χ4v) is 6.15. The fraction of sp³-hybridized carbons (Fsp3) is 0.294. The fourth-order valence-electron chi connectivity index (χ4n) is 5.66. The summed E-state index contributed by atoms with van der Waals surface area (Å²) in [7, 11) is 0. The standard InChI is InChI=1S/C34H31Cl2F3N2O4/c1-32(2)16-20(17-33(3,44)18-40-30(43)24-6-4-5-7-28(24)42)26-15-25(19-8-10-21(11-9-19)34(37,38)39)29(41-31(26)45-32)23-13-12-22(35)14-27(23)36/h4-15,20,42,44H,16-18H2,1-3H3,(H,40,43). The second kappa shape index (κ2) is 12.2. The predicted octanol–water partition coefficient (Wildman–Crippen LogP) is 8.66. The third-order valence-corrected chi connectivity index (χ3v) is 8.29. The zero-order valence-corrected chi connectivity index (χ0v) is 26.2. The summed E-state index contributed by atoms with van der Waals surface area (Å²) in [4.78, 5) is 17.6. The van der Waals surface area contributed by atoms with Crippen molar-refractivity contribution >= 4 is 29.1 Å². The van der Waals surface area contributed by atoms with E-state index in [1.54, 1.807) is 37.3 Å². The lowest BCUT2D eigenvalue weighted by atomic mass is 9.78. The lowest BCUT2D eigenvalue weighted by Crippen LogP contribution is -2.44. The summed E-state index contributed by atoms with van der Waals surface area (Å²) < 4.78 is 46.4. The van der Waals surface area contributed by atoms with Gasteiger partial charge in [-0.2, -0.15) is 13.2 Å². The molecule has 3 N–H and O–H groups in total. The number of ether oxygens (including phenoxy) is 1. The summed E-state index contributed by atoms with van der Waals surface area (Å²) in [6.45, 7) is 5.30. The number of fused-ring (bicyclic) bond motifs is 1. The van der Waals surface area contributed by atoms with Crippen LogP contribution in [-0.2, 0) is 6.18 Å². The Labute approximate surface area is 268 Å². The highest BCUT2D eigenvalue weighted by Gasteiger charge is 2.39. The number of rotatable bonds is 7. The van der Waals surface area contributed by atoms with Gasteiger partial charge in [0.15, 0.2) is 0 Å². The van der Waals surface area contributed by atoms with Crippen LogP contribution >= 0.6 is 23.2 Å². The molecular weight excluding hydrogens is 628 g/mol. The molecule has 0 aliphatic carbocycles. The van der Waals surface area contributed by atoms with Crippen LogP contribution in [-0.4, -0.2) is 38.9 Å². The first-order valence-electron chi connectivity index (χ1n) is 14.2. The number of carbonyl (C=O) groups excluding carboxylic acids is 1. The molecule has 1 aliphatic rings. The van der Waals surface area contributed by atoms with E-state index in [-0.39, 0.29) is 30.2 Å². The van der Waals surface area contributed by atoms with Gasteiger partial charge >= 0.3 is 6.18 Å². The van der Waals surface area contributed by atoms with Crippen molar-refractivity contribution < 1.29 is 32.9 Å². The molecule has 2 atom stereocenters. The van der Waals surface area contributed by atoms with E-state index in [2.05, 4.69) is 5.32 Å². The number of phenolic OH excluding ortho intramolecular Hbond substituents is 1. The summed E-state index contributed by atoms with van der Waals surface area (Å²) >= 11 is 12.7. The third-order valence-electron chi connectivity index (χ3n) is 7.74. The highest BCUT2D eigenvalue weighted by Crippen LogP contribution is 2.48. The Morgan fingerprint density at radius 2 is 1.73 bits per heavy atom. The van der Waals surface area contributed by atoms with Crippen molar-refractivity contribution in [3.05, 3.63) is 99.5 Å². The van der Waals surface area contributed by atoms with E-state index in [4.69, 9.17) is 32.9 Å². The monoisotopic (exact) mass is 658 g/mol. The maximum Gasteiger partial charge on any atom is 0.416 e. The molecule has 0 radical (unpaired) electrons. The van der Waals surface area contributed by atoms with Crippen LogP contribution in [0.15, 0.2) is 72.8 Å². The van der Waals surface area contributed by atoms with Crippen LogP contribution in [0.3, 0.4) is 0 Å². The number of para-hydroxylation sites is 1. The zero-order chi connectivity index (χ0) is 32.7. The van der Waals surface area contributed by atoms with Crippen molar-refractivity contribution in [3.8, 4) is 34.0 Å². The highest BCUT2D eigenvalue weighted by molar-refractivity contribution is 6.36. The zero-order valence-electron chi connectivity index (χ0n) is 24.7. The Morgan fingerprint density at radius 1 is 1.04 bits per heavy atom. The highest BCUT2D eigenvalue weighted by atomic mass is 35.5. The molecule has 0 fully saturated rings. The Balaban J connectivity index is 1.54. The van der Waals surface area contributed by atoms with E-state index in [0.717, 1.165) is 12.1 Å². The number of pyridine rings is 1. The van der Waals surface area contributed by atoms with Gasteiger partial charge in [0, 0.05) is 28.3 Å². The number of aromatic nitrogens is 1. The smallest absolute Gasteiger partial charge is 0.416 e. The first kappa shape index (κ1) is 32.6. The van der Waals surface area contributed by atoms with Crippen LogP contribution in [0.4, 0.5) is 13.2 Å². The van der Waals surface area contributed by atoms with Gasteiger partial charge in [0.2, 0.25) is 5.88 Å². The van der Waals surface area contributed by atoms with Crippen molar-refractivity contribution in [2.45, 2.75) is 56.9 Å². The molecule has 2 heterocycles. The SMILES string of the molecule is CC(O)(CNC(=O)c1ccccc1O)CC1CC(C)(C)Oc2nc(-c3ccc(Cl)cc3Cl)c(-c3ccc(C(F)(F)F)cc3)cc21. The molecule has 1 aromatic heterocycles. The summed E-state index contributed by atoms with van der Waals surface area (Å²) in [6, 6.07) is 17.6. The quantitative estimate of drug-likeness (QED) is 0.185. The molecule has 11 heteroatoms. The molecule has 1 amide bonds. The molecule has 0 spiro atoms. The number of halogens is 5. The van der Waals surface area contributed by atoms with E-state index in [1.807, 2.05) is 19.9 Å². The van der Waals surface area contributed by atoms with Gasteiger partial charge in [0.25, 0.3) is 5.91 Å². The summed E-state index contributed by atoms with van der Waals surface area (Å²) in [5.41, 5.74) is -0.201. The average Bonchev–Trinajstić information content (AvgIpc) is 2.94. The maximum absolute atomic E-state index is 13.4. The molecule has 3 aromatic carbocycles. The van der Waals surface area contributed by atoms with Gasteiger partial charge in [0.1, 0.15) is 11.4 Å². The minimum atomic E-state index is -4.50. The number of nitrogens with zero attached hydrogens (tertiary/aromatic N) is 1. The van der Waals surface area contributed by atoms with Gasteiger partial charge in [0.05, 0.1) is 27.4 Å². The molecule has 5 rings (SSSR count). The van der Waals surface area contributed by atoms with E-state index < -0.39 is 28.8 Å². The lowest BCUT2D eigenvalue weighted by Gasteiger charge is -2.40. The topological polar surface area (TPSA) is 91.7 Å². The molecule has 236 valence electrons. The number of hydrogen-bond acceptors (Lipinski definition) is 5. The van der Waals surface area contributed by atoms with E-state index in [9.17, 15) is 28.2 Å². The van der Waals surface area contributed by atoms with E-state index in [0.29, 0.717) is 50.3 Å². The first-order chi connectivity index (χ1) is 21.0. The molecular formula is C34H31Cl2F3N2O4. The van der Waals surface area contributed by atoms with Crippen molar-refractivity contribution in [1.82, 2.24) is 10.3 Å². The molecule has 0 bridgehead atoms. The number of aromatic hydroxyl groups is 1. The van der Waals surface area contributed by atoms with Crippen molar-refractivity contribution in [3.63, 3.8) is 0 Å². The van der Waals surface area contributed by atoms with Crippen molar-refractivity contribution in [2.75, 3.05) is 6.54 Å². The summed E-state index contributed by atoms with van der Waals surface area (Å²) in [6.07, 6.45) is -3.82. The minimum Gasteiger partial charge on any atom is -0.507 e. The van der Waals surface area contributed by atoms with Crippen LogP contribution < -0.4 is 10.1 Å². The predicted molar refractivity (Wildman–Crippen MR) is 168 cm³/mol. The normalized spacial score (nSPS) is 17.1. The third kappa shape index (κ3) is 7.38. The van der Waals surface area contributed by atoms with Crippen LogP contribution in [0.2, 0.25) is 10.0 Å². The summed E-state index contributed by atoms with van der Waals surface area (Å²) in [5.74, 6) is -0.705. The Morgan fingerprint density at radius 3 is 2.38 bits per heavy atom. The van der Waals surface area contributed by atoms with Gasteiger partial charge < -0.3 is 20.3 Å². The molecule has 45 heavy (non-hydrogen) atoms. The molecule has 6 nitrogen and oxygen atoms in total. The maximum atomic E-state index is 13.4. The Bertz CT molecular complexity index is 1740. The Kier molecular flexibility index (Phi) is 8.83.